The quantitative estimate of drug-likeness (QED) is 0.258. The topological polar surface area (TPSA) is 127 Å². The van der Waals surface area contributed by atoms with E-state index in [0.717, 1.165) is 6.92 Å². The molecular formula is C15H17NO7. The fraction of sp³-hybridized carbons (Fsp3) is 0.333. The number of hydrogen-bond acceptors (Lipinski definition) is 7. The van der Waals surface area contributed by atoms with Gasteiger partial charge in [-0.25, -0.2) is 0 Å². The number of hydrogen-bond donors (Lipinski definition) is 2. The van der Waals surface area contributed by atoms with Crippen LogP contribution in [0.2, 0.25) is 0 Å². The van der Waals surface area contributed by atoms with Gasteiger partial charge in [-0.3, -0.25) is 19.7 Å². The molecule has 0 radical (unpaired) electrons. The average Bonchev–Trinajstić information content (AvgIpc) is 2.46. The van der Waals surface area contributed by atoms with Crippen molar-refractivity contribution in [3.8, 4) is 0 Å². The number of nitrogens with zero attached hydrogens (tertiary/aromatic N) is 1. The van der Waals surface area contributed by atoms with Crippen LogP contribution < -0.4 is 0 Å². The molecule has 23 heavy (non-hydrogen) atoms. The van der Waals surface area contributed by atoms with Crippen LogP contribution in [0.15, 0.2) is 42.0 Å². The average molecular weight is 323 g/mol. The van der Waals surface area contributed by atoms with Crippen molar-refractivity contribution in [2.45, 2.75) is 19.8 Å². The summed E-state index contributed by atoms with van der Waals surface area (Å²) in [5.74, 6) is -6.24. The molecular weight excluding hydrogens is 306 g/mol. The summed E-state index contributed by atoms with van der Waals surface area (Å²) in [4.78, 5) is 34.2. The third-order valence-corrected chi connectivity index (χ3v) is 3.19. The third-order valence-electron chi connectivity index (χ3n) is 3.19. The van der Waals surface area contributed by atoms with Gasteiger partial charge in [-0.2, -0.15) is 0 Å². The van der Waals surface area contributed by atoms with Crippen LogP contribution in [-0.4, -0.2) is 33.5 Å². The Kier molecular flexibility index (Phi) is 6.25. The number of benzene rings is 1. The second-order valence-electron chi connectivity index (χ2n) is 4.69. The highest BCUT2D eigenvalue weighted by molar-refractivity contribution is 5.99. The van der Waals surface area contributed by atoms with Gasteiger partial charge in [0.05, 0.1) is 11.5 Å². The van der Waals surface area contributed by atoms with E-state index in [-0.39, 0.29) is 12.2 Å². The number of ether oxygens (including phenoxy) is 1. The summed E-state index contributed by atoms with van der Waals surface area (Å²) in [6.07, 6.45) is 0. The third kappa shape index (κ3) is 4.29. The van der Waals surface area contributed by atoms with E-state index in [1.165, 1.54) is 19.1 Å². The number of nitro groups is 1. The molecule has 1 aromatic carbocycles. The highest BCUT2D eigenvalue weighted by atomic mass is 16.6. The smallest absolute Gasteiger partial charge is 0.351 e. The van der Waals surface area contributed by atoms with E-state index in [2.05, 4.69) is 0 Å². The van der Waals surface area contributed by atoms with E-state index < -0.39 is 40.2 Å². The molecule has 124 valence electrons. The van der Waals surface area contributed by atoms with Crippen LogP contribution >= 0.6 is 0 Å². The first-order valence-corrected chi connectivity index (χ1v) is 6.79. The van der Waals surface area contributed by atoms with Gasteiger partial charge in [0.15, 0.2) is 0 Å². The van der Waals surface area contributed by atoms with Gasteiger partial charge in [0, 0.05) is 0 Å². The first-order chi connectivity index (χ1) is 10.8. The lowest BCUT2D eigenvalue weighted by molar-refractivity contribution is -0.436. The zero-order valence-corrected chi connectivity index (χ0v) is 12.6. The van der Waals surface area contributed by atoms with E-state index in [0.29, 0.717) is 0 Å². The maximum absolute atomic E-state index is 12.1. The molecule has 0 spiro atoms. The van der Waals surface area contributed by atoms with Gasteiger partial charge in [0.25, 0.3) is 0 Å². The van der Waals surface area contributed by atoms with E-state index in [1.807, 2.05) is 0 Å². The number of ketones is 1. The maximum Gasteiger partial charge on any atom is 0.351 e. The number of Topliss-reactive ketones (excluding diaryl/α,β-unsaturated/α-hetero) is 1. The molecule has 2 atom stereocenters. The van der Waals surface area contributed by atoms with E-state index in [9.17, 15) is 29.9 Å². The number of aliphatic hydroxyl groups is 2. The number of rotatable bonds is 7. The second kappa shape index (κ2) is 7.92. The van der Waals surface area contributed by atoms with E-state index in [4.69, 9.17) is 4.74 Å². The molecule has 0 bridgehead atoms. The number of carbonyl (C=O) groups excluding carboxylic acids is 2. The lowest BCUT2D eigenvalue weighted by Crippen LogP contribution is -2.33. The van der Waals surface area contributed by atoms with Crippen LogP contribution in [-0.2, 0) is 14.3 Å². The first kappa shape index (κ1) is 18.1. The minimum absolute atomic E-state index is 0.0211. The molecule has 8 heteroatoms. The van der Waals surface area contributed by atoms with Crippen molar-refractivity contribution >= 4 is 11.8 Å². The summed E-state index contributed by atoms with van der Waals surface area (Å²) in [7, 11) is 0. The largest absolute Gasteiger partial charge is 0.476 e. The summed E-state index contributed by atoms with van der Waals surface area (Å²) < 4.78 is 4.81. The number of aliphatic hydroxyl groups excluding tert-OH is 1. The van der Waals surface area contributed by atoms with Crippen molar-refractivity contribution in [2.75, 3.05) is 6.61 Å². The Balaban J connectivity index is 3.56. The van der Waals surface area contributed by atoms with Gasteiger partial charge in [0.2, 0.25) is 0 Å². The molecule has 0 aromatic heterocycles. The van der Waals surface area contributed by atoms with Crippen LogP contribution in [0, 0.1) is 16.0 Å². The van der Waals surface area contributed by atoms with Crippen molar-refractivity contribution < 1.29 is 29.5 Å². The standard InChI is InChI=1S/C15H17NO7/c1-3-23-15(20)11(9(2)17)12(10-7-5-4-6-8-10)13(14(18)19)16(21)22/h4-8,11-12,18-19H,3H2,1-2H3. The van der Waals surface area contributed by atoms with Crippen LogP contribution in [0.4, 0.5) is 0 Å². The van der Waals surface area contributed by atoms with Crippen LogP contribution in [0.1, 0.15) is 25.3 Å². The molecule has 0 amide bonds. The monoisotopic (exact) mass is 323 g/mol. The summed E-state index contributed by atoms with van der Waals surface area (Å²) in [6.45, 7) is 2.59. The van der Waals surface area contributed by atoms with Gasteiger partial charge in [-0.1, -0.05) is 30.3 Å². The zero-order valence-electron chi connectivity index (χ0n) is 12.6. The fourth-order valence-electron chi connectivity index (χ4n) is 2.27. The molecule has 8 nitrogen and oxygen atoms in total. The molecule has 2 N–H and O–H groups in total. The van der Waals surface area contributed by atoms with Crippen molar-refractivity contribution in [1.29, 1.82) is 0 Å². The summed E-state index contributed by atoms with van der Waals surface area (Å²) in [5.41, 5.74) is -0.822. The molecule has 0 fully saturated rings. The van der Waals surface area contributed by atoms with Crippen molar-refractivity contribution in [3.05, 3.63) is 57.7 Å². The normalized spacial score (nSPS) is 12.8. The molecule has 1 aromatic rings. The van der Waals surface area contributed by atoms with Gasteiger partial charge in [0.1, 0.15) is 17.6 Å². The first-order valence-electron chi connectivity index (χ1n) is 6.79. The highest BCUT2D eigenvalue weighted by Gasteiger charge is 2.44. The molecule has 0 aliphatic carbocycles. The van der Waals surface area contributed by atoms with Gasteiger partial charge in [-0.05, 0) is 19.4 Å². The second-order valence-corrected chi connectivity index (χ2v) is 4.69. The lowest BCUT2D eigenvalue weighted by Gasteiger charge is -2.21. The van der Waals surface area contributed by atoms with Crippen LogP contribution in [0.25, 0.3) is 0 Å². The number of carbonyl (C=O) groups is 2. The minimum Gasteiger partial charge on any atom is -0.476 e. The Morgan fingerprint density at radius 1 is 1.26 bits per heavy atom. The van der Waals surface area contributed by atoms with Crippen LogP contribution in [0.3, 0.4) is 0 Å². The SMILES string of the molecule is CCOC(=O)C(C(C)=O)C(C(=C(O)O)[N+](=O)[O-])c1ccccc1. The Morgan fingerprint density at radius 3 is 2.22 bits per heavy atom. The maximum atomic E-state index is 12.1. The predicted molar refractivity (Wildman–Crippen MR) is 79.3 cm³/mol. The van der Waals surface area contributed by atoms with Gasteiger partial charge in [-0.15, -0.1) is 0 Å². The van der Waals surface area contributed by atoms with Gasteiger partial charge >= 0.3 is 17.6 Å². The van der Waals surface area contributed by atoms with E-state index in [1.54, 1.807) is 18.2 Å². The Labute approximate surface area is 132 Å². The van der Waals surface area contributed by atoms with E-state index >= 15 is 0 Å². The predicted octanol–water partition coefficient (Wildman–Crippen LogP) is 2.10. The Hall–Kier alpha value is -2.90. The van der Waals surface area contributed by atoms with Crippen molar-refractivity contribution in [1.82, 2.24) is 0 Å². The highest BCUT2D eigenvalue weighted by Crippen LogP contribution is 2.35. The lowest BCUT2D eigenvalue weighted by atomic mass is 9.81. The fourth-order valence-corrected chi connectivity index (χ4v) is 2.27. The molecule has 1 rings (SSSR count). The molecule has 0 aliphatic heterocycles. The van der Waals surface area contributed by atoms with Crippen LogP contribution in [0.5, 0.6) is 0 Å². The molecule has 0 aliphatic rings. The molecule has 0 saturated heterocycles. The number of esters is 1. The molecule has 2 unspecified atom stereocenters. The zero-order chi connectivity index (χ0) is 17.6. The molecule has 0 heterocycles. The Morgan fingerprint density at radius 2 is 1.83 bits per heavy atom. The Bertz CT molecular complexity index is 620. The van der Waals surface area contributed by atoms with Gasteiger partial charge < -0.3 is 14.9 Å². The van der Waals surface area contributed by atoms with Crippen molar-refractivity contribution in [3.63, 3.8) is 0 Å². The number of allylic oxidation sites excluding steroid dienone is 1. The summed E-state index contributed by atoms with van der Waals surface area (Å²) in [5, 5.41) is 29.8. The minimum atomic E-state index is -1.56. The molecule has 0 saturated carbocycles. The summed E-state index contributed by atoms with van der Waals surface area (Å²) in [6, 6.07) is 7.65. The van der Waals surface area contributed by atoms with Crippen molar-refractivity contribution in [2.24, 2.45) is 5.92 Å². The summed E-state index contributed by atoms with van der Waals surface area (Å²) >= 11 is 0.